The summed E-state index contributed by atoms with van der Waals surface area (Å²) in [5, 5.41) is 1.05. The van der Waals surface area contributed by atoms with Crippen molar-refractivity contribution < 1.29 is 0 Å². The number of hydrogen-bond acceptors (Lipinski definition) is 3. The third-order valence-corrected chi connectivity index (χ3v) is 9.89. The minimum absolute atomic E-state index is 0.116. The molecule has 44 heavy (non-hydrogen) atoms. The van der Waals surface area contributed by atoms with E-state index in [-0.39, 0.29) is 5.41 Å². The van der Waals surface area contributed by atoms with Gasteiger partial charge in [0, 0.05) is 31.7 Å². The molecular weight excluding hydrogens is 553 g/mol. The summed E-state index contributed by atoms with van der Waals surface area (Å²) in [7, 11) is 0. The molecule has 7 aromatic rings. The van der Waals surface area contributed by atoms with Crippen LogP contribution in [0.3, 0.4) is 0 Å². The van der Waals surface area contributed by atoms with Crippen molar-refractivity contribution in [1.29, 1.82) is 0 Å². The van der Waals surface area contributed by atoms with E-state index in [9.17, 15) is 0 Å². The minimum atomic E-state index is -0.116. The largest absolute Gasteiger partial charge is 0.228 e. The van der Waals surface area contributed by atoms with Crippen molar-refractivity contribution >= 4 is 22.7 Å². The average molecular weight is 583 g/mol. The summed E-state index contributed by atoms with van der Waals surface area (Å²) in [4.78, 5) is 12.6. The van der Waals surface area contributed by atoms with Crippen molar-refractivity contribution in [2.75, 3.05) is 0 Å². The van der Waals surface area contributed by atoms with E-state index in [1.165, 1.54) is 43.2 Å². The van der Waals surface area contributed by atoms with Crippen molar-refractivity contribution in [2.24, 2.45) is 0 Å². The van der Waals surface area contributed by atoms with E-state index < -0.39 is 0 Å². The van der Waals surface area contributed by atoms with Crippen LogP contribution in [0.15, 0.2) is 155 Å². The van der Waals surface area contributed by atoms with E-state index in [2.05, 4.69) is 135 Å². The van der Waals surface area contributed by atoms with Gasteiger partial charge in [-0.3, -0.25) is 0 Å². The fourth-order valence-electron chi connectivity index (χ4n) is 6.60. The van der Waals surface area contributed by atoms with Gasteiger partial charge in [-0.1, -0.05) is 153 Å². The van der Waals surface area contributed by atoms with Gasteiger partial charge in [-0.05, 0) is 51.6 Å². The zero-order chi connectivity index (χ0) is 29.7. The first kappa shape index (κ1) is 26.6. The van der Waals surface area contributed by atoms with Gasteiger partial charge in [-0.25, -0.2) is 9.97 Å². The Morgan fingerprint density at radius 3 is 1.95 bits per heavy atom. The van der Waals surface area contributed by atoms with Crippen molar-refractivity contribution in [2.45, 2.75) is 29.1 Å². The fourth-order valence-corrected chi connectivity index (χ4v) is 8.03. The summed E-state index contributed by atoms with van der Waals surface area (Å²) in [5.74, 6) is 0.740. The van der Waals surface area contributed by atoms with Crippen LogP contribution in [-0.4, -0.2) is 9.97 Å². The number of hydrogen-bond donors (Lipinski definition) is 0. The second-order valence-corrected chi connectivity index (χ2v) is 12.9. The molecule has 2 heterocycles. The van der Waals surface area contributed by atoms with Crippen LogP contribution < -0.4 is 0 Å². The summed E-state index contributed by atoms with van der Waals surface area (Å²) in [6.45, 7) is 4.72. The van der Waals surface area contributed by atoms with Gasteiger partial charge in [0.15, 0.2) is 5.82 Å². The van der Waals surface area contributed by atoms with E-state index in [1.807, 2.05) is 36.0 Å². The highest BCUT2D eigenvalue weighted by atomic mass is 32.2. The Balaban J connectivity index is 1.23. The molecule has 0 N–H and O–H groups in total. The van der Waals surface area contributed by atoms with E-state index in [0.717, 1.165) is 33.5 Å². The lowest BCUT2D eigenvalue weighted by Gasteiger charge is -2.36. The standard InChI is InChI=1S/C41H30N2S/c1-41(2)34-19-9-11-21-36(34)44-37-22-12-18-32(38(37)41)31-16-7-6-15-30(31)27-23-25-28(26-24-27)39-33-17-8-10-20-35(33)42-40(43-39)29-13-4-3-5-14-29/h3-26H,1-2H3. The van der Waals surface area contributed by atoms with Gasteiger partial charge < -0.3 is 0 Å². The Labute approximate surface area is 262 Å². The van der Waals surface area contributed by atoms with Gasteiger partial charge >= 0.3 is 0 Å². The molecule has 210 valence electrons. The zero-order valence-electron chi connectivity index (χ0n) is 24.7. The number of nitrogens with zero attached hydrogens (tertiary/aromatic N) is 2. The third kappa shape index (κ3) is 4.44. The molecule has 1 aliphatic rings. The van der Waals surface area contributed by atoms with Crippen LogP contribution in [0.4, 0.5) is 0 Å². The zero-order valence-corrected chi connectivity index (χ0v) is 25.5. The molecule has 3 heteroatoms. The maximum absolute atomic E-state index is 5.08. The van der Waals surface area contributed by atoms with E-state index in [1.54, 1.807) is 0 Å². The van der Waals surface area contributed by atoms with Crippen LogP contribution in [0.2, 0.25) is 0 Å². The first-order chi connectivity index (χ1) is 21.6. The number of benzene rings is 6. The Hall–Kier alpha value is -4.99. The van der Waals surface area contributed by atoms with Gasteiger partial charge in [0.2, 0.25) is 0 Å². The average Bonchev–Trinajstić information content (AvgIpc) is 3.08. The van der Waals surface area contributed by atoms with Gasteiger partial charge in [0.1, 0.15) is 0 Å². The van der Waals surface area contributed by atoms with Crippen LogP contribution in [0.1, 0.15) is 25.0 Å². The van der Waals surface area contributed by atoms with Crippen molar-refractivity contribution in [1.82, 2.24) is 9.97 Å². The summed E-state index contributed by atoms with van der Waals surface area (Å²) in [6, 6.07) is 51.8. The normalized spacial score (nSPS) is 13.3. The molecule has 0 spiro atoms. The minimum Gasteiger partial charge on any atom is -0.228 e. The Morgan fingerprint density at radius 1 is 0.477 bits per heavy atom. The summed E-state index contributed by atoms with van der Waals surface area (Å²) in [6.07, 6.45) is 0. The van der Waals surface area contributed by atoms with Crippen LogP contribution >= 0.6 is 11.8 Å². The van der Waals surface area contributed by atoms with Crippen molar-refractivity contribution in [3.05, 3.63) is 157 Å². The number of fused-ring (bicyclic) bond motifs is 3. The molecule has 1 aliphatic heterocycles. The quantitative estimate of drug-likeness (QED) is 0.206. The van der Waals surface area contributed by atoms with Gasteiger partial charge in [0.05, 0.1) is 11.2 Å². The van der Waals surface area contributed by atoms with Gasteiger partial charge in [-0.15, -0.1) is 0 Å². The molecular formula is C41H30N2S. The Kier molecular flexibility index (Phi) is 6.43. The predicted octanol–water partition coefficient (Wildman–Crippen LogP) is 11.1. The molecule has 0 fully saturated rings. The second-order valence-electron chi connectivity index (χ2n) is 11.8. The van der Waals surface area contributed by atoms with E-state index in [4.69, 9.17) is 9.97 Å². The molecule has 0 radical (unpaired) electrons. The number of para-hydroxylation sites is 1. The highest BCUT2D eigenvalue weighted by Crippen LogP contribution is 2.52. The first-order valence-corrected chi connectivity index (χ1v) is 15.8. The summed E-state index contributed by atoms with van der Waals surface area (Å²) in [5.41, 5.74) is 11.6. The Morgan fingerprint density at radius 2 is 1.11 bits per heavy atom. The Bertz CT molecular complexity index is 2160. The smallest absolute Gasteiger partial charge is 0.160 e. The molecule has 0 atom stereocenters. The monoisotopic (exact) mass is 582 g/mol. The van der Waals surface area contributed by atoms with Crippen LogP contribution in [0.25, 0.3) is 55.8 Å². The molecule has 0 amide bonds. The lowest BCUT2D eigenvalue weighted by atomic mass is 9.74. The SMILES string of the molecule is CC1(C)c2ccccc2Sc2cccc(-c3ccccc3-c3ccc(-c4nc(-c5ccccc5)nc5ccccc45)cc3)c21. The first-order valence-electron chi connectivity index (χ1n) is 15.0. The maximum atomic E-state index is 5.08. The molecule has 8 rings (SSSR count). The lowest BCUT2D eigenvalue weighted by Crippen LogP contribution is -2.24. The van der Waals surface area contributed by atoms with Crippen molar-refractivity contribution in [3.63, 3.8) is 0 Å². The third-order valence-electron chi connectivity index (χ3n) is 8.75. The van der Waals surface area contributed by atoms with Gasteiger partial charge in [-0.2, -0.15) is 0 Å². The topological polar surface area (TPSA) is 25.8 Å². The second kappa shape index (κ2) is 10.6. The molecule has 6 aromatic carbocycles. The van der Waals surface area contributed by atoms with Crippen LogP contribution in [0, 0.1) is 0 Å². The summed E-state index contributed by atoms with van der Waals surface area (Å²) < 4.78 is 0. The molecule has 0 saturated carbocycles. The van der Waals surface area contributed by atoms with Crippen LogP contribution in [0.5, 0.6) is 0 Å². The van der Waals surface area contributed by atoms with E-state index >= 15 is 0 Å². The van der Waals surface area contributed by atoms with Crippen LogP contribution in [-0.2, 0) is 5.41 Å². The molecule has 0 unspecified atom stereocenters. The molecule has 0 bridgehead atoms. The fraction of sp³-hybridized carbons (Fsp3) is 0.0732. The molecule has 0 saturated heterocycles. The molecule has 2 nitrogen and oxygen atoms in total. The van der Waals surface area contributed by atoms with E-state index in [0.29, 0.717) is 0 Å². The number of rotatable bonds is 4. The number of aromatic nitrogens is 2. The molecule has 1 aromatic heterocycles. The molecule has 0 aliphatic carbocycles. The highest BCUT2D eigenvalue weighted by Gasteiger charge is 2.35. The highest BCUT2D eigenvalue weighted by molar-refractivity contribution is 7.99. The maximum Gasteiger partial charge on any atom is 0.160 e. The predicted molar refractivity (Wildman–Crippen MR) is 184 cm³/mol. The van der Waals surface area contributed by atoms with Gasteiger partial charge in [0.25, 0.3) is 0 Å². The summed E-state index contributed by atoms with van der Waals surface area (Å²) >= 11 is 1.88. The van der Waals surface area contributed by atoms with Crippen molar-refractivity contribution in [3.8, 4) is 44.9 Å². The lowest BCUT2D eigenvalue weighted by molar-refractivity contribution is 0.609.